The second-order valence-corrected chi connectivity index (χ2v) is 5.96. The first-order valence-electron chi connectivity index (χ1n) is 8.35. The molecule has 1 atom stereocenters. The molecule has 1 N–H and O–H groups in total. The molecule has 0 spiro atoms. The summed E-state index contributed by atoms with van der Waals surface area (Å²) in [5.74, 6) is -1.62. The molecule has 0 fully saturated rings. The number of anilines is 1. The first-order chi connectivity index (χ1) is 13.4. The zero-order valence-corrected chi connectivity index (χ0v) is 15.1. The van der Waals surface area contributed by atoms with Crippen LogP contribution in [-0.2, 0) is 9.53 Å². The minimum Gasteiger partial charge on any atom is -0.449 e. The quantitative estimate of drug-likeness (QED) is 0.682. The van der Waals surface area contributed by atoms with Crippen LogP contribution in [0, 0.1) is 24.1 Å². The van der Waals surface area contributed by atoms with E-state index in [9.17, 15) is 19.2 Å². The van der Waals surface area contributed by atoms with E-state index in [2.05, 4.69) is 5.32 Å². The molecule has 3 rings (SSSR count). The number of aromatic nitrogens is 1. The molecular formula is C20H16FN3O4. The molecule has 1 amide bonds. The van der Waals surface area contributed by atoms with E-state index in [0.717, 1.165) is 6.07 Å². The summed E-state index contributed by atoms with van der Waals surface area (Å²) in [5.41, 5.74) is 0.202. The number of hydrogen-bond acceptors (Lipinski definition) is 5. The Bertz CT molecular complexity index is 1060. The number of carbonyl (C=O) groups is 2. The van der Waals surface area contributed by atoms with E-state index >= 15 is 0 Å². The SMILES string of the molecule is Cc1oc(-n2cccc2)c(C#N)c1C(=O)O[C@@H](C)C(=O)Nc1cccc(F)c1. The van der Waals surface area contributed by atoms with Crippen LogP contribution in [-0.4, -0.2) is 22.5 Å². The van der Waals surface area contributed by atoms with Gasteiger partial charge >= 0.3 is 5.97 Å². The summed E-state index contributed by atoms with van der Waals surface area (Å²) in [5, 5.41) is 11.9. The maximum Gasteiger partial charge on any atom is 0.343 e. The average Bonchev–Trinajstić information content (AvgIpc) is 3.28. The van der Waals surface area contributed by atoms with Gasteiger partial charge in [0.25, 0.3) is 5.91 Å². The van der Waals surface area contributed by atoms with Gasteiger partial charge in [0, 0.05) is 18.1 Å². The lowest BCUT2D eigenvalue weighted by Crippen LogP contribution is -2.30. The van der Waals surface area contributed by atoms with Crippen molar-refractivity contribution in [3.63, 3.8) is 0 Å². The molecule has 0 aliphatic heterocycles. The van der Waals surface area contributed by atoms with E-state index < -0.39 is 23.8 Å². The predicted octanol–water partition coefficient (Wildman–Crippen LogP) is 3.57. The number of rotatable bonds is 5. The van der Waals surface area contributed by atoms with E-state index in [1.54, 1.807) is 29.1 Å². The summed E-state index contributed by atoms with van der Waals surface area (Å²) in [4.78, 5) is 24.8. The fourth-order valence-corrected chi connectivity index (χ4v) is 2.61. The molecule has 0 radical (unpaired) electrons. The lowest BCUT2D eigenvalue weighted by atomic mass is 10.1. The topological polar surface area (TPSA) is 97.3 Å². The molecule has 1 aromatic carbocycles. The smallest absolute Gasteiger partial charge is 0.343 e. The Morgan fingerprint density at radius 3 is 2.64 bits per heavy atom. The summed E-state index contributed by atoms with van der Waals surface area (Å²) in [6.45, 7) is 2.91. The van der Waals surface area contributed by atoms with E-state index in [1.165, 1.54) is 32.0 Å². The third-order valence-electron chi connectivity index (χ3n) is 3.97. The number of benzene rings is 1. The maximum atomic E-state index is 13.2. The first-order valence-corrected chi connectivity index (χ1v) is 8.35. The van der Waals surface area contributed by atoms with E-state index in [-0.39, 0.29) is 28.5 Å². The van der Waals surface area contributed by atoms with Crippen LogP contribution in [0.4, 0.5) is 10.1 Å². The zero-order chi connectivity index (χ0) is 20.3. The van der Waals surface area contributed by atoms with Gasteiger partial charge in [-0.15, -0.1) is 0 Å². The van der Waals surface area contributed by atoms with Gasteiger partial charge in [0.2, 0.25) is 5.88 Å². The Kier molecular flexibility index (Phi) is 5.27. The van der Waals surface area contributed by atoms with Gasteiger partial charge in [-0.3, -0.25) is 9.36 Å². The molecular weight excluding hydrogens is 365 g/mol. The Morgan fingerprint density at radius 2 is 2.00 bits per heavy atom. The van der Waals surface area contributed by atoms with Gasteiger partial charge in [-0.1, -0.05) is 6.07 Å². The molecule has 0 unspecified atom stereocenters. The number of aryl methyl sites for hydroxylation is 1. The molecule has 7 nitrogen and oxygen atoms in total. The molecule has 2 aromatic heterocycles. The largest absolute Gasteiger partial charge is 0.449 e. The molecule has 0 saturated carbocycles. The second-order valence-electron chi connectivity index (χ2n) is 5.96. The van der Waals surface area contributed by atoms with Crippen LogP contribution in [0.25, 0.3) is 5.88 Å². The highest BCUT2D eigenvalue weighted by atomic mass is 19.1. The molecule has 0 aliphatic carbocycles. The Labute approximate surface area is 159 Å². The average molecular weight is 381 g/mol. The number of amides is 1. The molecule has 0 saturated heterocycles. The fourth-order valence-electron chi connectivity index (χ4n) is 2.61. The summed E-state index contributed by atoms with van der Waals surface area (Å²) in [7, 11) is 0. The van der Waals surface area contributed by atoms with Gasteiger partial charge in [-0.25, -0.2) is 9.18 Å². The second kappa shape index (κ2) is 7.80. The van der Waals surface area contributed by atoms with Gasteiger partial charge in [0.15, 0.2) is 6.10 Å². The highest BCUT2D eigenvalue weighted by Crippen LogP contribution is 2.26. The number of nitriles is 1. The van der Waals surface area contributed by atoms with Crippen LogP contribution in [0.5, 0.6) is 0 Å². The minimum absolute atomic E-state index is 0.0106. The van der Waals surface area contributed by atoms with Crippen molar-refractivity contribution < 1.29 is 23.1 Å². The van der Waals surface area contributed by atoms with Crippen molar-refractivity contribution in [3.8, 4) is 12.0 Å². The van der Waals surface area contributed by atoms with Crippen molar-refractivity contribution in [3.05, 3.63) is 71.5 Å². The highest BCUT2D eigenvalue weighted by Gasteiger charge is 2.28. The van der Waals surface area contributed by atoms with Gasteiger partial charge in [-0.05, 0) is 44.2 Å². The van der Waals surface area contributed by atoms with E-state index in [0.29, 0.717) is 0 Å². The molecule has 0 aliphatic rings. The van der Waals surface area contributed by atoms with Gasteiger partial charge in [0.1, 0.15) is 28.8 Å². The molecule has 28 heavy (non-hydrogen) atoms. The van der Waals surface area contributed by atoms with Crippen LogP contribution in [0.1, 0.15) is 28.6 Å². The normalized spacial score (nSPS) is 11.5. The van der Waals surface area contributed by atoms with Crippen molar-refractivity contribution in [2.45, 2.75) is 20.0 Å². The standard InChI is InChI=1S/C20H16FN3O4/c1-12-17(16(11-22)19(27-12)24-8-3-4-9-24)20(26)28-13(2)18(25)23-15-7-5-6-14(21)10-15/h3-10,13H,1-2H3,(H,23,25)/t13-/m0/s1. The number of halogens is 1. The highest BCUT2D eigenvalue weighted by molar-refractivity contribution is 5.99. The van der Waals surface area contributed by atoms with Crippen LogP contribution in [0.3, 0.4) is 0 Å². The Hall–Kier alpha value is -3.86. The summed E-state index contributed by atoms with van der Waals surface area (Å²) < 4.78 is 25.5. The predicted molar refractivity (Wildman–Crippen MR) is 97.4 cm³/mol. The van der Waals surface area contributed by atoms with Gasteiger partial charge < -0.3 is 14.5 Å². The van der Waals surface area contributed by atoms with E-state index in [4.69, 9.17) is 9.15 Å². The molecule has 2 heterocycles. The van der Waals surface area contributed by atoms with Crippen molar-refractivity contribution in [2.24, 2.45) is 0 Å². The van der Waals surface area contributed by atoms with Crippen molar-refractivity contribution in [1.82, 2.24) is 4.57 Å². The molecule has 0 bridgehead atoms. The number of nitrogens with zero attached hydrogens (tertiary/aromatic N) is 2. The number of furan rings is 1. The molecule has 8 heteroatoms. The number of carbonyl (C=O) groups excluding carboxylic acids is 2. The Balaban J connectivity index is 1.77. The summed E-state index contributed by atoms with van der Waals surface area (Å²) in [6.07, 6.45) is 2.17. The van der Waals surface area contributed by atoms with Crippen LogP contribution < -0.4 is 5.32 Å². The van der Waals surface area contributed by atoms with E-state index in [1.807, 2.05) is 6.07 Å². The maximum absolute atomic E-state index is 13.2. The Morgan fingerprint density at radius 1 is 1.29 bits per heavy atom. The van der Waals surface area contributed by atoms with Crippen LogP contribution >= 0.6 is 0 Å². The third kappa shape index (κ3) is 3.78. The number of esters is 1. The lowest BCUT2D eigenvalue weighted by molar-refractivity contribution is -0.123. The molecule has 142 valence electrons. The number of nitrogens with one attached hydrogen (secondary N) is 1. The van der Waals surface area contributed by atoms with Gasteiger partial charge in [0.05, 0.1) is 0 Å². The summed E-state index contributed by atoms with van der Waals surface area (Å²) in [6, 6.07) is 10.8. The van der Waals surface area contributed by atoms with Crippen molar-refractivity contribution >= 4 is 17.6 Å². The number of hydrogen-bond donors (Lipinski definition) is 1. The third-order valence-corrected chi connectivity index (χ3v) is 3.97. The minimum atomic E-state index is -1.17. The fraction of sp³-hybridized carbons (Fsp3) is 0.150. The zero-order valence-electron chi connectivity index (χ0n) is 15.1. The number of ether oxygens (including phenoxy) is 1. The lowest BCUT2D eigenvalue weighted by Gasteiger charge is -2.13. The molecule has 3 aromatic rings. The van der Waals surface area contributed by atoms with Crippen LogP contribution in [0.2, 0.25) is 0 Å². The monoisotopic (exact) mass is 381 g/mol. The van der Waals surface area contributed by atoms with Crippen molar-refractivity contribution in [2.75, 3.05) is 5.32 Å². The summed E-state index contributed by atoms with van der Waals surface area (Å²) >= 11 is 0. The first kappa shape index (κ1) is 18.9. The van der Waals surface area contributed by atoms with Gasteiger partial charge in [-0.2, -0.15) is 5.26 Å². The van der Waals surface area contributed by atoms with Crippen molar-refractivity contribution in [1.29, 1.82) is 5.26 Å². The van der Waals surface area contributed by atoms with Crippen LogP contribution in [0.15, 0.2) is 53.2 Å².